The molecule has 1 aliphatic heterocycles. The highest BCUT2D eigenvalue weighted by Crippen LogP contribution is 2.41. The highest BCUT2D eigenvalue weighted by molar-refractivity contribution is 5.86. The molecule has 0 saturated carbocycles. The van der Waals surface area contributed by atoms with E-state index in [-0.39, 0.29) is 13.0 Å². The number of nitrogens with one attached hydrogen (secondary N) is 1. The van der Waals surface area contributed by atoms with Crippen LogP contribution in [0.15, 0.2) is 24.3 Å². The van der Waals surface area contributed by atoms with Gasteiger partial charge < -0.3 is 19.7 Å². The van der Waals surface area contributed by atoms with Gasteiger partial charge in [0.25, 0.3) is 0 Å². The zero-order valence-electron chi connectivity index (χ0n) is 12.1. The van der Waals surface area contributed by atoms with E-state index in [0.717, 1.165) is 5.56 Å². The Hall–Kier alpha value is -2.40. The first-order valence-electron chi connectivity index (χ1n) is 7.06. The van der Waals surface area contributed by atoms with Crippen LogP contribution in [0.2, 0.25) is 0 Å². The number of aliphatic hydroxyl groups is 2. The van der Waals surface area contributed by atoms with Crippen molar-refractivity contribution < 1.29 is 29.3 Å². The van der Waals surface area contributed by atoms with Crippen molar-refractivity contribution in [1.29, 1.82) is 0 Å². The van der Waals surface area contributed by atoms with Gasteiger partial charge in [0.2, 0.25) is 5.72 Å². The van der Waals surface area contributed by atoms with Crippen molar-refractivity contribution in [2.75, 3.05) is 6.54 Å². The van der Waals surface area contributed by atoms with E-state index >= 15 is 0 Å². The summed E-state index contributed by atoms with van der Waals surface area (Å²) in [6.07, 6.45) is 0.651. The maximum absolute atomic E-state index is 12.1. The van der Waals surface area contributed by atoms with E-state index in [2.05, 4.69) is 11.2 Å². The molecule has 0 amide bonds. The molecule has 0 spiro atoms. The van der Waals surface area contributed by atoms with Gasteiger partial charge in [-0.3, -0.25) is 5.32 Å². The predicted octanol–water partition coefficient (Wildman–Crippen LogP) is -1.19. The van der Waals surface area contributed by atoms with Gasteiger partial charge in [0.1, 0.15) is 0 Å². The molecule has 0 bridgehead atoms. The van der Waals surface area contributed by atoms with Gasteiger partial charge >= 0.3 is 11.9 Å². The minimum Gasteiger partial charge on any atom is -0.454 e. The number of esters is 2. The largest absolute Gasteiger partial charge is 0.454 e. The molecule has 1 aromatic carbocycles. The average Bonchev–Trinajstić information content (AvgIpc) is 2.84. The third kappa shape index (κ3) is 2.37. The smallest absolute Gasteiger partial charge is 0.340 e. The zero-order valence-corrected chi connectivity index (χ0v) is 12.1. The second kappa shape index (κ2) is 5.66. The van der Waals surface area contributed by atoms with Gasteiger partial charge in [-0.15, -0.1) is 6.42 Å². The van der Waals surface area contributed by atoms with E-state index < -0.39 is 36.0 Å². The van der Waals surface area contributed by atoms with Crippen LogP contribution in [-0.2, 0) is 31.2 Å². The second-order valence-corrected chi connectivity index (χ2v) is 5.39. The summed E-state index contributed by atoms with van der Waals surface area (Å²) < 4.78 is 10.7. The number of carbonyl (C=O) groups is 2. The minimum atomic E-state index is -2.03. The van der Waals surface area contributed by atoms with Crippen LogP contribution in [0.3, 0.4) is 0 Å². The molecule has 1 aliphatic carbocycles. The molecule has 1 aromatic rings. The Kier molecular flexibility index (Phi) is 3.82. The molecule has 4 atom stereocenters. The minimum absolute atomic E-state index is 0.0499. The lowest BCUT2D eigenvalue weighted by Crippen LogP contribution is -2.59. The topological polar surface area (TPSA) is 105 Å². The van der Waals surface area contributed by atoms with Crippen LogP contribution in [0.1, 0.15) is 11.1 Å². The van der Waals surface area contributed by atoms with Crippen LogP contribution in [0, 0.1) is 12.3 Å². The van der Waals surface area contributed by atoms with Gasteiger partial charge in [-0.25, -0.2) is 9.59 Å². The quantitative estimate of drug-likeness (QED) is 0.465. The van der Waals surface area contributed by atoms with Crippen molar-refractivity contribution in [3.05, 3.63) is 35.4 Å². The van der Waals surface area contributed by atoms with Crippen molar-refractivity contribution >= 4 is 11.9 Å². The fourth-order valence-corrected chi connectivity index (χ4v) is 2.94. The zero-order chi connectivity index (χ0) is 16.6. The lowest BCUT2D eigenvalue weighted by atomic mass is 10.0. The second-order valence-electron chi connectivity index (χ2n) is 5.39. The van der Waals surface area contributed by atoms with Crippen LogP contribution in [-0.4, -0.2) is 47.0 Å². The summed E-state index contributed by atoms with van der Waals surface area (Å²) >= 11 is 0. The molecule has 23 heavy (non-hydrogen) atoms. The van der Waals surface area contributed by atoms with Gasteiger partial charge in [0.15, 0.2) is 18.3 Å². The molecule has 2 aliphatic rings. The number of rotatable bonds is 2. The van der Waals surface area contributed by atoms with Gasteiger partial charge in [-0.1, -0.05) is 30.2 Å². The molecule has 1 heterocycles. The molecule has 1 saturated heterocycles. The Morgan fingerprint density at radius 1 is 1.26 bits per heavy atom. The van der Waals surface area contributed by atoms with Gasteiger partial charge in [-0.2, -0.15) is 0 Å². The Morgan fingerprint density at radius 3 is 2.70 bits per heavy atom. The van der Waals surface area contributed by atoms with E-state index in [0.29, 0.717) is 5.56 Å². The number of hydrogen-bond acceptors (Lipinski definition) is 7. The summed E-state index contributed by atoms with van der Waals surface area (Å²) in [4.78, 5) is 24.0. The summed E-state index contributed by atoms with van der Waals surface area (Å²) in [7, 11) is 0. The molecule has 7 nitrogen and oxygen atoms in total. The number of hydrogen-bond donors (Lipinski definition) is 3. The summed E-state index contributed by atoms with van der Waals surface area (Å²) in [5.41, 5.74) is -0.0740. The highest BCUT2D eigenvalue weighted by Gasteiger charge is 2.55. The van der Waals surface area contributed by atoms with Gasteiger partial charge in [-0.05, 0) is 5.56 Å². The SMILES string of the molecule is C#CCN[C@]12OC(=O)C(O)C(O)C(=O)OC1Cc1ccccc12. The molecule has 3 rings (SSSR count). The van der Waals surface area contributed by atoms with Crippen molar-refractivity contribution in [3.8, 4) is 12.3 Å². The van der Waals surface area contributed by atoms with E-state index in [4.69, 9.17) is 15.9 Å². The number of benzene rings is 1. The van der Waals surface area contributed by atoms with Crippen molar-refractivity contribution in [1.82, 2.24) is 5.32 Å². The monoisotopic (exact) mass is 317 g/mol. The molecule has 3 N–H and O–H groups in total. The average molecular weight is 317 g/mol. The van der Waals surface area contributed by atoms with Gasteiger partial charge in [0.05, 0.1) is 6.54 Å². The Labute approximate surface area is 132 Å². The number of aliphatic hydroxyl groups excluding tert-OH is 2. The van der Waals surface area contributed by atoms with Crippen molar-refractivity contribution in [2.45, 2.75) is 30.5 Å². The first-order chi connectivity index (χ1) is 11.0. The lowest BCUT2D eigenvalue weighted by Gasteiger charge is -2.38. The summed E-state index contributed by atoms with van der Waals surface area (Å²) in [5.74, 6) is 0.171. The highest BCUT2D eigenvalue weighted by atomic mass is 16.6. The number of carbonyl (C=O) groups excluding carboxylic acids is 2. The molecule has 1 fully saturated rings. The number of ether oxygens (including phenoxy) is 2. The fraction of sp³-hybridized carbons (Fsp3) is 0.375. The molecule has 0 radical (unpaired) electrons. The van der Waals surface area contributed by atoms with Crippen LogP contribution < -0.4 is 5.32 Å². The third-order valence-electron chi connectivity index (χ3n) is 4.03. The van der Waals surface area contributed by atoms with E-state index in [1.165, 1.54) is 0 Å². The van der Waals surface area contributed by atoms with E-state index in [9.17, 15) is 19.8 Å². The number of terminal acetylenes is 1. The van der Waals surface area contributed by atoms with Crippen LogP contribution >= 0.6 is 0 Å². The van der Waals surface area contributed by atoms with Crippen LogP contribution in [0.5, 0.6) is 0 Å². The Balaban J connectivity index is 2.10. The lowest BCUT2D eigenvalue weighted by molar-refractivity contribution is -0.220. The van der Waals surface area contributed by atoms with Gasteiger partial charge in [0, 0.05) is 12.0 Å². The van der Waals surface area contributed by atoms with Crippen LogP contribution in [0.4, 0.5) is 0 Å². The van der Waals surface area contributed by atoms with E-state index in [1.807, 2.05) is 6.07 Å². The summed E-state index contributed by atoms with van der Waals surface area (Å²) in [6, 6.07) is 7.10. The maximum atomic E-state index is 12.1. The standard InChI is InChI=1S/C16H15NO6/c1-2-7-17-16-10-6-4-3-5-9(10)8-11(16)22-14(20)12(18)13(19)15(21)23-16/h1,3-6,11-13,17-19H,7-8H2/t11?,12?,13?,16-/m1/s1. The van der Waals surface area contributed by atoms with Crippen LogP contribution in [0.25, 0.3) is 0 Å². The first-order valence-corrected chi connectivity index (χ1v) is 7.06. The van der Waals surface area contributed by atoms with Crippen molar-refractivity contribution in [3.63, 3.8) is 0 Å². The first kappa shape index (κ1) is 15.5. The summed E-state index contributed by atoms with van der Waals surface area (Å²) in [6.45, 7) is 0.0499. The molecule has 120 valence electrons. The summed E-state index contributed by atoms with van der Waals surface area (Å²) in [5, 5.41) is 22.3. The molecular weight excluding hydrogens is 302 g/mol. The third-order valence-corrected chi connectivity index (χ3v) is 4.03. The van der Waals surface area contributed by atoms with Crippen molar-refractivity contribution in [2.24, 2.45) is 0 Å². The molecule has 0 aromatic heterocycles. The molecule has 3 unspecified atom stereocenters. The Morgan fingerprint density at radius 2 is 1.96 bits per heavy atom. The fourth-order valence-electron chi connectivity index (χ4n) is 2.94. The molecular formula is C16H15NO6. The Bertz CT molecular complexity index is 696. The normalized spacial score (nSPS) is 32.7. The van der Waals surface area contributed by atoms with E-state index in [1.54, 1.807) is 18.2 Å². The molecule has 7 heteroatoms. The number of fused-ring (bicyclic) bond motifs is 3. The predicted molar refractivity (Wildman–Crippen MR) is 76.6 cm³/mol. The maximum Gasteiger partial charge on any atom is 0.340 e.